The van der Waals surface area contributed by atoms with Crippen LogP contribution in [0.3, 0.4) is 0 Å². The van der Waals surface area contributed by atoms with Crippen molar-refractivity contribution in [2.45, 2.75) is 13.8 Å². The first-order valence-corrected chi connectivity index (χ1v) is 7.40. The monoisotopic (exact) mass is 344 g/mol. The average Bonchev–Trinajstić information content (AvgIpc) is 2.82. The van der Waals surface area contributed by atoms with Crippen LogP contribution in [0, 0.1) is 25.5 Å². The van der Waals surface area contributed by atoms with E-state index in [9.17, 15) is 18.4 Å². The molecule has 128 valence electrons. The average molecular weight is 344 g/mol. The van der Waals surface area contributed by atoms with Crippen LogP contribution in [0.15, 0.2) is 42.1 Å². The Morgan fingerprint density at radius 3 is 2.24 bits per heavy atom. The van der Waals surface area contributed by atoms with E-state index in [2.05, 4.69) is 5.32 Å². The van der Waals surface area contributed by atoms with Crippen LogP contribution in [0.4, 0.5) is 20.2 Å². The van der Waals surface area contributed by atoms with Crippen molar-refractivity contribution in [2.24, 2.45) is 0 Å². The Balaban J connectivity index is 1.88. The molecule has 0 fully saturated rings. The minimum absolute atomic E-state index is 0.0952. The summed E-state index contributed by atoms with van der Waals surface area (Å²) in [5.41, 5.74) is 2.13. The first-order chi connectivity index (χ1) is 11.8. The molecule has 2 amide bonds. The number of rotatable bonds is 3. The van der Waals surface area contributed by atoms with Crippen molar-refractivity contribution in [2.75, 3.05) is 10.2 Å². The van der Waals surface area contributed by atoms with Crippen molar-refractivity contribution in [3.05, 3.63) is 64.9 Å². The minimum Gasteiger partial charge on any atom is -0.503 e. The number of hydrogen-bond acceptors (Lipinski definition) is 4. The number of phenols is 1. The van der Waals surface area contributed by atoms with Crippen LogP contribution in [0.1, 0.15) is 11.1 Å². The SMILES string of the molecule is Cc1ccc(N2C(=O)C=C(Nc3cc(F)c(O)c(F)c3)C2=O)cc1C. The zero-order chi connectivity index (χ0) is 18.3. The Hall–Kier alpha value is -3.22. The molecule has 0 spiro atoms. The number of benzene rings is 2. The molecule has 2 N–H and O–H groups in total. The molecule has 2 aromatic rings. The molecular weight excluding hydrogens is 330 g/mol. The maximum atomic E-state index is 13.4. The molecule has 0 saturated carbocycles. The van der Waals surface area contributed by atoms with Gasteiger partial charge in [0.15, 0.2) is 17.4 Å². The second-order valence-electron chi connectivity index (χ2n) is 5.72. The van der Waals surface area contributed by atoms with Gasteiger partial charge in [0, 0.05) is 23.9 Å². The van der Waals surface area contributed by atoms with Gasteiger partial charge in [0.25, 0.3) is 11.8 Å². The number of imide groups is 1. The molecule has 0 atom stereocenters. The molecule has 0 unspecified atom stereocenters. The van der Waals surface area contributed by atoms with E-state index >= 15 is 0 Å². The Kier molecular flexibility index (Phi) is 4.00. The third-order valence-electron chi connectivity index (χ3n) is 3.97. The van der Waals surface area contributed by atoms with Gasteiger partial charge in [-0.05, 0) is 37.1 Å². The third-order valence-corrected chi connectivity index (χ3v) is 3.97. The van der Waals surface area contributed by atoms with Gasteiger partial charge in [-0.1, -0.05) is 6.07 Å². The summed E-state index contributed by atoms with van der Waals surface area (Å²) in [4.78, 5) is 25.6. The number of carbonyl (C=O) groups is 2. The van der Waals surface area contributed by atoms with Crippen LogP contribution in [-0.2, 0) is 9.59 Å². The standard InChI is InChI=1S/C18H14F2N2O3/c1-9-3-4-12(5-10(9)2)22-16(23)8-15(18(22)25)21-11-6-13(19)17(24)14(20)7-11/h3-8,21,24H,1-2H3. The Labute approximate surface area is 142 Å². The molecule has 1 aliphatic rings. The van der Waals surface area contributed by atoms with Gasteiger partial charge in [-0.15, -0.1) is 0 Å². The zero-order valence-electron chi connectivity index (χ0n) is 13.4. The molecule has 0 radical (unpaired) electrons. The summed E-state index contributed by atoms with van der Waals surface area (Å²) >= 11 is 0. The molecule has 0 aromatic heterocycles. The van der Waals surface area contributed by atoms with Crippen molar-refractivity contribution in [3.63, 3.8) is 0 Å². The maximum absolute atomic E-state index is 13.4. The van der Waals surface area contributed by atoms with E-state index in [1.165, 1.54) is 0 Å². The van der Waals surface area contributed by atoms with Gasteiger partial charge in [0.1, 0.15) is 5.70 Å². The predicted molar refractivity (Wildman–Crippen MR) is 88.1 cm³/mol. The molecule has 7 heteroatoms. The lowest BCUT2D eigenvalue weighted by Gasteiger charge is -2.16. The fourth-order valence-electron chi connectivity index (χ4n) is 2.46. The number of hydrogen-bond donors (Lipinski definition) is 2. The highest BCUT2D eigenvalue weighted by Gasteiger charge is 2.32. The molecule has 3 rings (SSSR count). The van der Waals surface area contributed by atoms with Gasteiger partial charge in [0.2, 0.25) is 0 Å². The van der Waals surface area contributed by atoms with Crippen molar-refractivity contribution >= 4 is 23.2 Å². The van der Waals surface area contributed by atoms with Crippen molar-refractivity contribution in [1.29, 1.82) is 0 Å². The third kappa shape index (κ3) is 2.96. The number of aryl methyl sites for hydroxylation is 2. The first kappa shape index (κ1) is 16.6. The van der Waals surface area contributed by atoms with E-state index in [0.717, 1.165) is 34.2 Å². The summed E-state index contributed by atoms with van der Waals surface area (Å²) in [5.74, 6) is -4.65. The fraction of sp³-hybridized carbons (Fsp3) is 0.111. The Morgan fingerprint density at radius 2 is 1.64 bits per heavy atom. The number of carbonyl (C=O) groups excluding carboxylic acids is 2. The summed E-state index contributed by atoms with van der Waals surface area (Å²) in [6.45, 7) is 3.77. The zero-order valence-corrected chi connectivity index (χ0v) is 13.4. The van der Waals surface area contributed by atoms with E-state index in [0.29, 0.717) is 5.69 Å². The predicted octanol–water partition coefficient (Wildman–Crippen LogP) is 3.16. The van der Waals surface area contributed by atoms with E-state index in [4.69, 9.17) is 5.11 Å². The van der Waals surface area contributed by atoms with Crippen LogP contribution in [-0.4, -0.2) is 16.9 Å². The number of nitrogens with zero attached hydrogens (tertiary/aromatic N) is 1. The number of anilines is 2. The van der Waals surface area contributed by atoms with Gasteiger partial charge < -0.3 is 10.4 Å². The smallest absolute Gasteiger partial charge is 0.281 e. The number of aromatic hydroxyl groups is 1. The Bertz CT molecular complexity index is 915. The maximum Gasteiger partial charge on any atom is 0.281 e. The molecular formula is C18H14F2N2O3. The number of amides is 2. The van der Waals surface area contributed by atoms with Gasteiger partial charge >= 0.3 is 0 Å². The van der Waals surface area contributed by atoms with Crippen molar-refractivity contribution in [3.8, 4) is 5.75 Å². The molecule has 5 nitrogen and oxygen atoms in total. The van der Waals surface area contributed by atoms with Crippen LogP contribution in [0.2, 0.25) is 0 Å². The van der Waals surface area contributed by atoms with Crippen LogP contribution in [0.25, 0.3) is 0 Å². The van der Waals surface area contributed by atoms with Gasteiger partial charge in [-0.25, -0.2) is 13.7 Å². The largest absolute Gasteiger partial charge is 0.503 e. The molecule has 0 bridgehead atoms. The Morgan fingerprint density at radius 1 is 1.00 bits per heavy atom. The summed E-state index contributed by atoms with van der Waals surface area (Å²) in [5, 5.41) is 11.6. The lowest BCUT2D eigenvalue weighted by atomic mass is 10.1. The van der Waals surface area contributed by atoms with E-state index in [1.807, 2.05) is 13.8 Å². The second kappa shape index (κ2) is 6.01. The number of halogens is 2. The summed E-state index contributed by atoms with van der Waals surface area (Å²) in [6.07, 6.45) is 1.06. The highest BCUT2D eigenvalue weighted by molar-refractivity contribution is 6.31. The van der Waals surface area contributed by atoms with Gasteiger partial charge in [-0.2, -0.15) is 0 Å². The first-order valence-electron chi connectivity index (χ1n) is 7.40. The van der Waals surface area contributed by atoms with E-state index in [-0.39, 0.29) is 11.4 Å². The van der Waals surface area contributed by atoms with Crippen LogP contribution >= 0.6 is 0 Å². The van der Waals surface area contributed by atoms with Gasteiger partial charge in [0.05, 0.1) is 5.69 Å². The summed E-state index contributed by atoms with van der Waals surface area (Å²) < 4.78 is 26.8. The van der Waals surface area contributed by atoms with Crippen molar-refractivity contribution < 1.29 is 23.5 Å². The summed E-state index contributed by atoms with van der Waals surface area (Å²) in [6, 6.07) is 6.81. The molecule has 2 aromatic carbocycles. The molecule has 1 heterocycles. The molecule has 1 aliphatic heterocycles. The highest BCUT2D eigenvalue weighted by Crippen LogP contribution is 2.28. The second-order valence-corrected chi connectivity index (χ2v) is 5.72. The quantitative estimate of drug-likeness (QED) is 0.663. The lowest BCUT2D eigenvalue weighted by molar-refractivity contribution is -0.120. The number of phenolic OH excluding ortho intramolecular Hbond substituents is 1. The van der Waals surface area contributed by atoms with Crippen molar-refractivity contribution in [1.82, 2.24) is 0 Å². The molecule has 0 saturated heterocycles. The lowest BCUT2D eigenvalue weighted by Crippen LogP contribution is -2.32. The minimum atomic E-state index is -1.18. The van der Waals surface area contributed by atoms with E-state index in [1.54, 1.807) is 18.2 Å². The van der Waals surface area contributed by atoms with Crippen LogP contribution < -0.4 is 10.2 Å². The molecule has 25 heavy (non-hydrogen) atoms. The fourth-order valence-corrected chi connectivity index (χ4v) is 2.46. The topological polar surface area (TPSA) is 69.6 Å². The molecule has 0 aliphatic carbocycles. The van der Waals surface area contributed by atoms with Crippen LogP contribution in [0.5, 0.6) is 5.75 Å². The summed E-state index contributed by atoms with van der Waals surface area (Å²) in [7, 11) is 0. The van der Waals surface area contributed by atoms with E-state index < -0.39 is 29.2 Å². The highest BCUT2D eigenvalue weighted by atomic mass is 19.1. The normalized spacial score (nSPS) is 14.1. The number of nitrogens with one attached hydrogen (secondary N) is 1. The van der Waals surface area contributed by atoms with Gasteiger partial charge in [-0.3, -0.25) is 9.59 Å².